The zero-order chi connectivity index (χ0) is 15.5. The summed E-state index contributed by atoms with van der Waals surface area (Å²) in [5, 5.41) is 12.1. The van der Waals surface area contributed by atoms with Crippen LogP contribution in [0.5, 0.6) is 0 Å². The van der Waals surface area contributed by atoms with E-state index in [4.69, 9.17) is 0 Å². The molecule has 0 fully saturated rings. The smallest absolute Gasteiger partial charge is 0.337 e. The lowest BCUT2D eigenvalue weighted by atomic mass is 10.1. The topological polar surface area (TPSA) is 86.7 Å². The van der Waals surface area contributed by atoms with Crippen LogP contribution in [0.4, 0.5) is 5.69 Å². The number of rotatable bonds is 6. The second-order valence-corrected chi connectivity index (χ2v) is 6.76. The van der Waals surface area contributed by atoms with Gasteiger partial charge in [-0.15, -0.1) is 0 Å². The molecule has 6 nitrogen and oxygen atoms in total. The van der Waals surface area contributed by atoms with Gasteiger partial charge < -0.3 is 10.4 Å². The Hall–Kier alpha value is -1.86. The molecule has 2 N–H and O–H groups in total. The van der Waals surface area contributed by atoms with Gasteiger partial charge in [0.05, 0.1) is 10.5 Å². The van der Waals surface area contributed by atoms with Gasteiger partial charge >= 0.3 is 5.97 Å². The maximum atomic E-state index is 12.0. The second-order valence-electron chi connectivity index (χ2n) is 4.61. The number of carboxylic acid groups (broad SMARTS) is 1. The Morgan fingerprint density at radius 2 is 2.00 bits per heavy atom. The van der Waals surface area contributed by atoms with Gasteiger partial charge in [-0.05, 0) is 25.1 Å². The SMILES string of the molecule is C=C(C)CNc1ccc(S(=O)(=O)N(C)C)cc1C(=O)O. The van der Waals surface area contributed by atoms with Crippen molar-refractivity contribution < 1.29 is 18.3 Å². The molecule has 0 bridgehead atoms. The van der Waals surface area contributed by atoms with Crippen LogP contribution in [0.15, 0.2) is 35.2 Å². The Balaban J connectivity index is 3.27. The number of hydrogen-bond donors (Lipinski definition) is 2. The van der Waals surface area contributed by atoms with Crippen molar-refractivity contribution >= 4 is 21.7 Å². The zero-order valence-electron chi connectivity index (χ0n) is 11.7. The number of nitrogens with zero attached hydrogens (tertiary/aromatic N) is 1. The predicted molar refractivity (Wildman–Crippen MR) is 77.6 cm³/mol. The quantitative estimate of drug-likeness (QED) is 0.779. The van der Waals surface area contributed by atoms with Crippen LogP contribution in [0.1, 0.15) is 17.3 Å². The summed E-state index contributed by atoms with van der Waals surface area (Å²) in [4.78, 5) is 11.2. The van der Waals surface area contributed by atoms with Gasteiger partial charge in [-0.3, -0.25) is 0 Å². The first kappa shape index (κ1) is 16.2. The molecule has 0 spiro atoms. The van der Waals surface area contributed by atoms with Gasteiger partial charge in [-0.2, -0.15) is 0 Å². The molecule has 0 amide bonds. The number of anilines is 1. The van der Waals surface area contributed by atoms with Crippen LogP contribution in [-0.4, -0.2) is 44.4 Å². The van der Waals surface area contributed by atoms with Gasteiger partial charge in [0.2, 0.25) is 10.0 Å². The van der Waals surface area contributed by atoms with Crippen molar-refractivity contribution in [3.63, 3.8) is 0 Å². The lowest BCUT2D eigenvalue weighted by molar-refractivity contribution is 0.0697. The van der Waals surface area contributed by atoms with Gasteiger partial charge in [0.15, 0.2) is 0 Å². The third-order valence-electron chi connectivity index (χ3n) is 2.58. The van der Waals surface area contributed by atoms with Gasteiger partial charge in [0.1, 0.15) is 0 Å². The molecule has 0 aliphatic heterocycles. The molecule has 110 valence electrons. The molecule has 0 radical (unpaired) electrons. The Morgan fingerprint density at radius 1 is 1.40 bits per heavy atom. The number of sulfonamides is 1. The lowest BCUT2D eigenvalue weighted by Gasteiger charge is -2.14. The average molecular weight is 298 g/mol. The van der Waals surface area contributed by atoms with E-state index < -0.39 is 16.0 Å². The van der Waals surface area contributed by atoms with E-state index >= 15 is 0 Å². The molecule has 0 aliphatic carbocycles. The number of carbonyl (C=O) groups is 1. The fourth-order valence-electron chi connectivity index (χ4n) is 1.47. The summed E-state index contributed by atoms with van der Waals surface area (Å²) in [7, 11) is -0.873. The van der Waals surface area contributed by atoms with Crippen molar-refractivity contribution in [2.24, 2.45) is 0 Å². The standard InChI is InChI=1S/C13H18N2O4S/c1-9(2)8-14-12-6-5-10(7-11(12)13(16)17)20(18,19)15(3)4/h5-7,14H,1,8H2,2-4H3,(H,16,17). The second kappa shape index (κ2) is 6.06. The van der Waals surface area contributed by atoms with Crippen LogP contribution in [-0.2, 0) is 10.0 Å². The van der Waals surface area contributed by atoms with Crippen LogP contribution in [0.25, 0.3) is 0 Å². The fourth-order valence-corrected chi connectivity index (χ4v) is 2.40. The van der Waals surface area contributed by atoms with Crippen molar-refractivity contribution in [3.8, 4) is 0 Å². The van der Waals surface area contributed by atoms with Crippen LogP contribution in [0, 0.1) is 0 Å². The highest BCUT2D eigenvalue weighted by molar-refractivity contribution is 7.89. The number of hydrogen-bond acceptors (Lipinski definition) is 4. The van der Waals surface area contributed by atoms with E-state index in [1.807, 2.05) is 0 Å². The molecule has 0 atom stereocenters. The Bertz CT molecular complexity index is 636. The highest BCUT2D eigenvalue weighted by Crippen LogP contribution is 2.22. The van der Waals surface area contributed by atoms with Gasteiger partial charge in [-0.25, -0.2) is 17.5 Å². The summed E-state index contributed by atoms with van der Waals surface area (Å²) in [5.74, 6) is -1.19. The average Bonchev–Trinajstić information content (AvgIpc) is 2.35. The highest BCUT2D eigenvalue weighted by atomic mass is 32.2. The van der Waals surface area contributed by atoms with E-state index in [1.165, 1.54) is 26.2 Å². The van der Waals surface area contributed by atoms with Crippen molar-refractivity contribution in [2.45, 2.75) is 11.8 Å². The van der Waals surface area contributed by atoms with E-state index in [1.54, 1.807) is 6.92 Å². The fraction of sp³-hybridized carbons (Fsp3) is 0.308. The van der Waals surface area contributed by atoms with E-state index in [0.717, 1.165) is 15.9 Å². The summed E-state index contributed by atoms with van der Waals surface area (Å²) in [6.45, 7) is 5.93. The van der Waals surface area contributed by atoms with Crippen molar-refractivity contribution in [3.05, 3.63) is 35.9 Å². The molecular weight excluding hydrogens is 280 g/mol. The summed E-state index contributed by atoms with van der Waals surface area (Å²) in [6, 6.07) is 3.98. The minimum Gasteiger partial charge on any atom is -0.478 e. The van der Waals surface area contributed by atoms with Gasteiger partial charge in [-0.1, -0.05) is 12.2 Å². The number of benzene rings is 1. The van der Waals surface area contributed by atoms with Crippen LogP contribution in [0.3, 0.4) is 0 Å². The van der Waals surface area contributed by atoms with E-state index in [-0.39, 0.29) is 10.5 Å². The third-order valence-corrected chi connectivity index (χ3v) is 4.39. The Labute approximate surface area is 118 Å². The molecule has 0 saturated carbocycles. The molecule has 0 aromatic heterocycles. The van der Waals surface area contributed by atoms with Crippen LogP contribution >= 0.6 is 0 Å². The Morgan fingerprint density at radius 3 is 2.45 bits per heavy atom. The monoisotopic (exact) mass is 298 g/mol. The molecule has 20 heavy (non-hydrogen) atoms. The molecule has 0 saturated heterocycles. The minimum absolute atomic E-state index is 0.0548. The molecule has 1 aromatic carbocycles. The van der Waals surface area contributed by atoms with E-state index in [0.29, 0.717) is 12.2 Å². The third kappa shape index (κ3) is 3.58. The normalized spacial score (nSPS) is 11.4. The largest absolute Gasteiger partial charge is 0.478 e. The minimum atomic E-state index is -3.66. The summed E-state index contributed by atoms with van der Waals surface area (Å²) < 4.78 is 25.0. The molecule has 0 aliphatic rings. The van der Waals surface area contributed by atoms with Gasteiger partial charge in [0.25, 0.3) is 0 Å². The number of carboxylic acids is 1. The van der Waals surface area contributed by atoms with Crippen molar-refractivity contribution in [1.29, 1.82) is 0 Å². The van der Waals surface area contributed by atoms with Crippen molar-refractivity contribution in [1.82, 2.24) is 4.31 Å². The molecule has 1 aromatic rings. The molecule has 0 heterocycles. The highest BCUT2D eigenvalue weighted by Gasteiger charge is 2.20. The van der Waals surface area contributed by atoms with E-state index in [2.05, 4.69) is 11.9 Å². The maximum absolute atomic E-state index is 12.0. The molecule has 1 rings (SSSR count). The summed E-state index contributed by atoms with van der Waals surface area (Å²) in [5.41, 5.74) is 1.11. The maximum Gasteiger partial charge on any atom is 0.337 e. The molecule has 7 heteroatoms. The summed E-state index contributed by atoms with van der Waals surface area (Å²) in [6.07, 6.45) is 0. The van der Waals surface area contributed by atoms with E-state index in [9.17, 15) is 18.3 Å². The first-order chi connectivity index (χ1) is 9.16. The van der Waals surface area contributed by atoms with Crippen LogP contribution in [0.2, 0.25) is 0 Å². The van der Waals surface area contributed by atoms with Gasteiger partial charge in [0, 0.05) is 26.3 Å². The number of aromatic carboxylic acids is 1. The predicted octanol–water partition coefficient (Wildman–Crippen LogP) is 1.62. The van der Waals surface area contributed by atoms with Crippen molar-refractivity contribution in [2.75, 3.05) is 26.0 Å². The first-order valence-corrected chi connectivity index (χ1v) is 7.28. The first-order valence-electron chi connectivity index (χ1n) is 5.84. The summed E-state index contributed by atoms with van der Waals surface area (Å²) >= 11 is 0. The Kier molecular flexibility index (Phi) is 4.91. The lowest BCUT2D eigenvalue weighted by Crippen LogP contribution is -2.22. The molecule has 0 unspecified atom stereocenters. The zero-order valence-corrected chi connectivity index (χ0v) is 12.5. The molecular formula is C13H18N2O4S. The van der Waals surface area contributed by atoms with Crippen LogP contribution < -0.4 is 5.32 Å². The number of nitrogens with one attached hydrogen (secondary N) is 1.